The summed E-state index contributed by atoms with van der Waals surface area (Å²) >= 11 is 7.10. The molecule has 1 rings (SSSR count). The Morgan fingerprint density at radius 1 is 1.85 bits per heavy atom. The standard InChI is InChI=1S/C9H10ClNOS/c1-2-3-7(11)8(12)9-6(10)4-5-13-9/h2,4-5,7H,1,3,11H2. The summed E-state index contributed by atoms with van der Waals surface area (Å²) in [5.74, 6) is -0.111. The van der Waals surface area contributed by atoms with Gasteiger partial charge in [0.05, 0.1) is 15.9 Å². The number of halogens is 1. The number of nitrogens with two attached hydrogens (primary N) is 1. The van der Waals surface area contributed by atoms with E-state index in [1.165, 1.54) is 11.3 Å². The van der Waals surface area contributed by atoms with Crippen molar-refractivity contribution in [2.24, 2.45) is 5.73 Å². The number of thiophene rings is 1. The molecule has 2 N–H and O–H groups in total. The van der Waals surface area contributed by atoms with Crippen molar-refractivity contribution in [2.45, 2.75) is 12.5 Å². The van der Waals surface area contributed by atoms with Crippen LogP contribution in [0.25, 0.3) is 0 Å². The molecule has 70 valence electrons. The smallest absolute Gasteiger partial charge is 0.191 e. The zero-order chi connectivity index (χ0) is 9.84. The first-order valence-electron chi connectivity index (χ1n) is 3.80. The van der Waals surface area contributed by atoms with E-state index in [4.69, 9.17) is 17.3 Å². The summed E-state index contributed by atoms with van der Waals surface area (Å²) in [6.45, 7) is 3.53. The zero-order valence-electron chi connectivity index (χ0n) is 7.00. The zero-order valence-corrected chi connectivity index (χ0v) is 8.57. The first kappa shape index (κ1) is 10.4. The van der Waals surface area contributed by atoms with Gasteiger partial charge in [-0.15, -0.1) is 17.9 Å². The average Bonchev–Trinajstić information content (AvgIpc) is 2.50. The maximum absolute atomic E-state index is 11.6. The van der Waals surface area contributed by atoms with Gasteiger partial charge in [-0.05, 0) is 17.9 Å². The second kappa shape index (κ2) is 4.56. The van der Waals surface area contributed by atoms with E-state index in [0.29, 0.717) is 16.3 Å². The molecule has 0 aliphatic rings. The van der Waals surface area contributed by atoms with Crippen LogP contribution in [-0.2, 0) is 0 Å². The quantitative estimate of drug-likeness (QED) is 0.620. The SMILES string of the molecule is C=CCC(N)C(=O)c1sccc1Cl. The molecule has 0 aromatic carbocycles. The minimum atomic E-state index is -0.520. The van der Waals surface area contributed by atoms with Crippen LogP contribution in [0.2, 0.25) is 5.02 Å². The largest absolute Gasteiger partial charge is 0.321 e. The van der Waals surface area contributed by atoms with Gasteiger partial charge in [-0.3, -0.25) is 4.79 Å². The number of carbonyl (C=O) groups is 1. The van der Waals surface area contributed by atoms with Gasteiger partial charge in [0, 0.05) is 0 Å². The van der Waals surface area contributed by atoms with Crippen molar-refractivity contribution in [2.75, 3.05) is 0 Å². The van der Waals surface area contributed by atoms with Crippen LogP contribution in [0.5, 0.6) is 0 Å². The minimum Gasteiger partial charge on any atom is -0.321 e. The van der Waals surface area contributed by atoms with Crippen LogP contribution in [0.3, 0.4) is 0 Å². The molecule has 0 saturated carbocycles. The van der Waals surface area contributed by atoms with Gasteiger partial charge in [0.2, 0.25) is 0 Å². The molecule has 0 spiro atoms. The Labute approximate surface area is 86.0 Å². The number of rotatable bonds is 4. The Bertz CT molecular complexity index is 321. The first-order chi connectivity index (χ1) is 6.16. The monoisotopic (exact) mass is 215 g/mol. The molecule has 0 amide bonds. The van der Waals surface area contributed by atoms with E-state index in [-0.39, 0.29) is 5.78 Å². The highest BCUT2D eigenvalue weighted by Crippen LogP contribution is 2.23. The van der Waals surface area contributed by atoms with E-state index < -0.39 is 6.04 Å². The molecular weight excluding hydrogens is 206 g/mol. The number of hydrogen-bond donors (Lipinski definition) is 1. The third-order valence-electron chi connectivity index (χ3n) is 1.60. The third-order valence-corrected chi connectivity index (χ3v) is 2.95. The molecule has 0 radical (unpaired) electrons. The Hall–Kier alpha value is -0.640. The van der Waals surface area contributed by atoms with E-state index in [1.54, 1.807) is 17.5 Å². The molecule has 1 aromatic heterocycles. The fourth-order valence-corrected chi connectivity index (χ4v) is 2.08. The lowest BCUT2D eigenvalue weighted by molar-refractivity contribution is 0.0966. The molecule has 1 aromatic rings. The molecule has 1 heterocycles. The Balaban J connectivity index is 2.79. The lowest BCUT2D eigenvalue weighted by atomic mass is 10.1. The van der Waals surface area contributed by atoms with Crippen molar-refractivity contribution in [1.29, 1.82) is 0 Å². The molecule has 0 saturated heterocycles. The number of Topliss-reactive ketones (excluding diaryl/α,β-unsaturated/α-hetero) is 1. The summed E-state index contributed by atoms with van der Waals surface area (Å²) in [7, 11) is 0. The fraction of sp³-hybridized carbons (Fsp3) is 0.222. The highest BCUT2D eigenvalue weighted by molar-refractivity contribution is 7.12. The molecule has 2 nitrogen and oxygen atoms in total. The third kappa shape index (κ3) is 2.40. The van der Waals surface area contributed by atoms with Gasteiger partial charge in [-0.1, -0.05) is 17.7 Å². The average molecular weight is 216 g/mol. The van der Waals surface area contributed by atoms with Crippen LogP contribution in [0.4, 0.5) is 0 Å². The first-order valence-corrected chi connectivity index (χ1v) is 5.06. The Morgan fingerprint density at radius 3 is 3.00 bits per heavy atom. The van der Waals surface area contributed by atoms with Crippen molar-refractivity contribution in [3.05, 3.63) is 34.0 Å². The maximum Gasteiger partial charge on any atom is 0.191 e. The highest BCUT2D eigenvalue weighted by atomic mass is 35.5. The Morgan fingerprint density at radius 2 is 2.54 bits per heavy atom. The topological polar surface area (TPSA) is 43.1 Å². The number of hydrogen-bond acceptors (Lipinski definition) is 3. The molecule has 0 fully saturated rings. The van der Waals surface area contributed by atoms with Gasteiger partial charge >= 0.3 is 0 Å². The maximum atomic E-state index is 11.6. The van der Waals surface area contributed by atoms with Crippen molar-refractivity contribution < 1.29 is 4.79 Å². The van der Waals surface area contributed by atoms with E-state index in [2.05, 4.69) is 6.58 Å². The van der Waals surface area contributed by atoms with Crippen LogP contribution >= 0.6 is 22.9 Å². The second-order valence-corrected chi connectivity index (χ2v) is 3.92. The number of ketones is 1. The van der Waals surface area contributed by atoms with Crippen molar-refractivity contribution in [3.63, 3.8) is 0 Å². The van der Waals surface area contributed by atoms with Crippen LogP contribution in [0, 0.1) is 0 Å². The lowest BCUT2D eigenvalue weighted by Crippen LogP contribution is -2.29. The van der Waals surface area contributed by atoms with Gasteiger partial charge in [0.25, 0.3) is 0 Å². The Kier molecular flexibility index (Phi) is 3.66. The summed E-state index contributed by atoms with van der Waals surface area (Å²) in [6, 6.07) is 1.17. The minimum absolute atomic E-state index is 0.111. The molecule has 0 bridgehead atoms. The summed E-state index contributed by atoms with van der Waals surface area (Å²) in [4.78, 5) is 12.1. The van der Waals surface area contributed by atoms with Gasteiger partial charge in [-0.25, -0.2) is 0 Å². The van der Waals surface area contributed by atoms with Crippen LogP contribution in [-0.4, -0.2) is 11.8 Å². The molecule has 1 atom stereocenters. The second-order valence-electron chi connectivity index (χ2n) is 2.59. The summed E-state index contributed by atoms with van der Waals surface area (Å²) in [5, 5.41) is 2.26. The summed E-state index contributed by atoms with van der Waals surface area (Å²) in [6.07, 6.45) is 2.11. The molecule has 4 heteroatoms. The molecular formula is C9H10ClNOS. The summed E-state index contributed by atoms with van der Waals surface area (Å²) in [5.41, 5.74) is 5.62. The normalized spacial score (nSPS) is 12.5. The molecule has 13 heavy (non-hydrogen) atoms. The van der Waals surface area contributed by atoms with E-state index >= 15 is 0 Å². The van der Waals surface area contributed by atoms with Crippen LogP contribution < -0.4 is 5.73 Å². The summed E-state index contributed by atoms with van der Waals surface area (Å²) < 4.78 is 0. The van der Waals surface area contributed by atoms with Crippen LogP contribution in [0.1, 0.15) is 16.1 Å². The van der Waals surface area contributed by atoms with Crippen molar-refractivity contribution in [3.8, 4) is 0 Å². The molecule has 1 unspecified atom stereocenters. The van der Waals surface area contributed by atoms with Crippen molar-refractivity contribution >= 4 is 28.7 Å². The van der Waals surface area contributed by atoms with Gasteiger partial charge in [-0.2, -0.15) is 0 Å². The van der Waals surface area contributed by atoms with Crippen molar-refractivity contribution in [1.82, 2.24) is 0 Å². The van der Waals surface area contributed by atoms with Gasteiger partial charge < -0.3 is 5.73 Å². The molecule has 0 aliphatic heterocycles. The number of carbonyl (C=O) groups excluding carboxylic acids is 1. The van der Waals surface area contributed by atoms with Gasteiger partial charge in [0.1, 0.15) is 0 Å². The van der Waals surface area contributed by atoms with E-state index in [0.717, 1.165) is 0 Å². The van der Waals surface area contributed by atoms with Crippen LogP contribution in [0.15, 0.2) is 24.1 Å². The highest BCUT2D eigenvalue weighted by Gasteiger charge is 2.17. The fourth-order valence-electron chi connectivity index (χ4n) is 0.925. The lowest BCUT2D eigenvalue weighted by Gasteiger charge is -2.05. The van der Waals surface area contributed by atoms with E-state index in [9.17, 15) is 4.79 Å². The van der Waals surface area contributed by atoms with E-state index in [1.807, 2.05) is 0 Å². The predicted octanol–water partition coefficient (Wildman–Crippen LogP) is 2.49. The molecule has 0 aliphatic carbocycles. The predicted molar refractivity (Wildman–Crippen MR) is 56.4 cm³/mol. The van der Waals surface area contributed by atoms with Gasteiger partial charge in [0.15, 0.2) is 5.78 Å².